The van der Waals surface area contributed by atoms with Crippen molar-refractivity contribution in [1.82, 2.24) is 10.2 Å². The van der Waals surface area contributed by atoms with Gasteiger partial charge < -0.3 is 10.2 Å². The summed E-state index contributed by atoms with van der Waals surface area (Å²) in [5.41, 5.74) is 2.76. The lowest BCUT2D eigenvalue weighted by molar-refractivity contribution is -0.140. The third-order valence-electron chi connectivity index (χ3n) is 8.22. The molecule has 0 radical (unpaired) electrons. The zero-order valence-electron chi connectivity index (χ0n) is 25.6. The van der Waals surface area contributed by atoms with E-state index >= 15 is 0 Å². The summed E-state index contributed by atoms with van der Waals surface area (Å²) in [5.74, 6) is -0.824. The van der Waals surface area contributed by atoms with Gasteiger partial charge in [-0.2, -0.15) is 0 Å². The molecule has 0 aromatic heterocycles. The van der Waals surface area contributed by atoms with Crippen molar-refractivity contribution in [2.45, 2.75) is 62.6 Å². The molecule has 1 fully saturated rings. The summed E-state index contributed by atoms with van der Waals surface area (Å²) >= 11 is 12.9. The van der Waals surface area contributed by atoms with Gasteiger partial charge in [-0.25, -0.2) is 8.42 Å². The van der Waals surface area contributed by atoms with Crippen molar-refractivity contribution in [3.8, 4) is 0 Å². The molecule has 0 unspecified atom stereocenters. The second-order valence-corrected chi connectivity index (χ2v) is 14.3. The number of carbonyl (C=O) groups is 2. The number of hydrogen-bond donors (Lipinski definition) is 1. The second-order valence-electron chi connectivity index (χ2n) is 11.6. The predicted octanol–water partition coefficient (Wildman–Crippen LogP) is 7.20. The van der Waals surface area contributed by atoms with Crippen molar-refractivity contribution in [3.63, 3.8) is 0 Å². The van der Waals surface area contributed by atoms with Crippen molar-refractivity contribution in [2.24, 2.45) is 0 Å². The van der Waals surface area contributed by atoms with Crippen molar-refractivity contribution in [3.05, 3.63) is 130 Å². The van der Waals surface area contributed by atoms with Gasteiger partial charge >= 0.3 is 0 Å². The second kappa shape index (κ2) is 15.2. The quantitative estimate of drug-likeness (QED) is 0.172. The van der Waals surface area contributed by atoms with Crippen LogP contribution in [0.1, 0.15) is 42.4 Å². The van der Waals surface area contributed by atoms with Crippen LogP contribution in [-0.4, -0.2) is 43.8 Å². The highest BCUT2D eigenvalue weighted by atomic mass is 35.5. The molecule has 0 saturated heterocycles. The molecule has 7 nitrogen and oxygen atoms in total. The van der Waals surface area contributed by atoms with Crippen LogP contribution in [0.25, 0.3) is 0 Å². The maximum atomic E-state index is 14.6. The minimum absolute atomic E-state index is 0.00141. The van der Waals surface area contributed by atoms with E-state index in [2.05, 4.69) is 5.32 Å². The highest BCUT2D eigenvalue weighted by molar-refractivity contribution is 7.92. The predicted molar refractivity (Wildman–Crippen MR) is 183 cm³/mol. The maximum Gasteiger partial charge on any atom is 0.264 e. The van der Waals surface area contributed by atoms with Gasteiger partial charge in [-0.3, -0.25) is 13.9 Å². The molecule has 1 N–H and O–H groups in total. The highest BCUT2D eigenvalue weighted by Gasteiger charge is 2.36. The number of benzene rings is 4. The SMILES string of the molecule is Cc1cccc(CN(C(=O)CN(c2cccc(Cl)c2Cl)S(=O)(=O)c2ccccc2)[C@@H](Cc2ccccc2)C(=O)NC2CCCC2)c1. The molecule has 10 heteroatoms. The molecule has 1 aliphatic carbocycles. The topological polar surface area (TPSA) is 86.8 Å². The first kappa shape index (κ1) is 33.5. The third kappa shape index (κ3) is 8.10. The summed E-state index contributed by atoms with van der Waals surface area (Å²) in [7, 11) is -4.28. The molecular formula is C36H37Cl2N3O4S. The molecular weight excluding hydrogens is 641 g/mol. The molecule has 2 amide bonds. The first-order chi connectivity index (χ1) is 22.1. The van der Waals surface area contributed by atoms with Gasteiger partial charge in [-0.15, -0.1) is 0 Å². The lowest BCUT2D eigenvalue weighted by atomic mass is 10.0. The first-order valence-corrected chi connectivity index (χ1v) is 17.5. The molecule has 4 aromatic carbocycles. The number of nitrogens with one attached hydrogen (secondary N) is 1. The molecule has 1 saturated carbocycles. The number of hydrogen-bond acceptors (Lipinski definition) is 4. The van der Waals surface area contributed by atoms with E-state index in [1.807, 2.05) is 61.5 Å². The fourth-order valence-electron chi connectivity index (χ4n) is 5.85. The molecule has 5 rings (SSSR count). The van der Waals surface area contributed by atoms with E-state index in [1.54, 1.807) is 30.3 Å². The number of halogens is 2. The summed E-state index contributed by atoms with van der Waals surface area (Å²) < 4.78 is 29.3. The smallest absolute Gasteiger partial charge is 0.264 e. The average molecular weight is 679 g/mol. The number of aryl methyl sites for hydroxylation is 1. The fourth-order valence-corrected chi connectivity index (χ4v) is 7.74. The molecule has 0 aliphatic heterocycles. The van der Waals surface area contributed by atoms with E-state index in [0.29, 0.717) is 0 Å². The van der Waals surface area contributed by atoms with Crippen LogP contribution in [0.4, 0.5) is 5.69 Å². The highest BCUT2D eigenvalue weighted by Crippen LogP contribution is 2.35. The van der Waals surface area contributed by atoms with Crippen LogP contribution in [0.2, 0.25) is 10.0 Å². The van der Waals surface area contributed by atoms with Crippen LogP contribution >= 0.6 is 23.2 Å². The van der Waals surface area contributed by atoms with E-state index in [1.165, 1.54) is 23.1 Å². The van der Waals surface area contributed by atoms with E-state index in [4.69, 9.17) is 23.2 Å². The van der Waals surface area contributed by atoms with Gasteiger partial charge in [0, 0.05) is 19.0 Å². The Labute approximate surface area is 281 Å². The number of sulfonamides is 1. The Balaban J connectivity index is 1.59. The molecule has 1 atom stereocenters. The maximum absolute atomic E-state index is 14.6. The first-order valence-electron chi connectivity index (χ1n) is 15.3. The molecule has 1 aliphatic rings. The van der Waals surface area contributed by atoms with E-state index in [9.17, 15) is 18.0 Å². The Hall–Kier alpha value is -3.85. The van der Waals surface area contributed by atoms with Crippen molar-refractivity contribution in [1.29, 1.82) is 0 Å². The number of amides is 2. The molecule has 0 heterocycles. The molecule has 0 bridgehead atoms. The zero-order chi connectivity index (χ0) is 32.7. The summed E-state index contributed by atoms with van der Waals surface area (Å²) in [4.78, 5) is 30.2. The van der Waals surface area contributed by atoms with Gasteiger partial charge in [-0.05, 0) is 55.2 Å². The number of nitrogens with zero attached hydrogens (tertiary/aromatic N) is 2. The Kier molecular flexibility index (Phi) is 11.0. The molecule has 4 aromatic rings. The van der Waals surface area contributed by atoms with Crippen molar-refractivity contribution < 1.29 is 18.0 Å². The summed E-state index contributed by atoms with van der Waals surface area (Å²) in [6.45, 7) is 1.45. The van der Waals surface area contributed by atoms with Crippen LogP contribution in [0.5, 0.6) is 0 Å². The number of carbonyl (C=O) groups excluding carboxylic acids is 2. The van der Waals surface area contributed by atoms with Gasteiger partial charge in [0.15, 0.2) is 0 Å². The van der Waals surface area contributed by atoms with Crippen LogP contribution in [-0.2, 0) is 32.6 Å². The Bertz CT molecular complexity index is 1760. The minimum Gasteiger partial charge on any atom is -0.352 e. The Morgan fingerprint density at radius 2 is 1.48 bits per heavy atom. The van der Waals surface area contributed by atoms with Crippen molar-refractivity contribution >= 4 is 50.7 Å². The largest absolute Gasteiger partial charge is 0.352 e. The monoisotopic (exact) mass is 677 g/mol. The van der Waals surface area contributed by atoms with Gasteiger partial charge in [0.25, 0.3) is 10.0 Å². The van der Waals surface area contributed by atoms with Crippen LogP contribution in [0, 0.1) is 6.92 Å². The van der Waals surface area contributed by atoms with E-state index in [0.717, 1.165) is 46.7 Å². The van der Waals surface area contributed by atoms with E-state index < -0.39 is 28.5 Å². The Morgan fingerprint density at radius 3 is 2.15 bits per heavy atom. The normalized spacial score (nSPS) is 14.1. The van der Waals surface area contributed by atoms with Crippen LogP contribution in [0.15, 0.2) is 108 Å². The lowest BCUT2D eigenvalue weighted by Crippen LogP contribution is -2.54. The summed E-state index contributed by atoms with van der Waals surface area (Å²) in [5, 5.41) is 3.34. The number of anilines is 1. The van der Waals surface area contributed by atoms with Crippen LogP contribution in [0.3, 0.4) is 0 Å². The standard InChI is InChI=1S/C36H37Cl2N3O4S/c1-26-12-10-15-28(22-26)24-40(33(23-27-13-4-2-5-14-27)36(43)39-29-16-8-9-17-29)34(42)25-41(32-21-11-20-31(37)35(32)38)46(44,45)30-18-6-3-7-19-30/h2-7,10-15,18-22,29,33H,8-9,16-17,23-25H2,1H3,(H,39,43)/t33-/m0/s1. The molecule has 0 spiro atoms. The van der Waals surface area contributed by atoms with E-state index in [-0.39, 0.29) is 45.5 Å². The van der Waals surface area contributed by atoms with Gasteiger partial charge in [0.1, 0.15) is 12.6 Å². The minimum atomic E-state index is -4.28. The third-order valence-corrected chi connectivity index (χ3v) is 10.8. The summed E-state index contributed by atoms with van der Waals surface area (Å²) in [6.07, 6.45) is 4.08. The lowest BCUT2D eigenvalue weighted by Gasteiger charge is -2.34. The van der Waals surface area contributed by atoms with Crippen LogP contribution < -0.4 is 9.62 Å². The van der Waals surface area contributed by atoms with Gasteiger partial charge in [-0.1, -0.05) is 120 Å². The number of rotatable bonds is 12. The Morgan fingerprint density at radius 1 is 0.848 bits per heavy atom. The molecule has 46 heavy (non-hydrogen) atoms. The fraction of sp³-hybridized carbons (Fsp3) is 0.278. The summed E-state index contributed by atoms with van der Waals surface area (Å²) in [6, 6.07) is 28.9. The average Bonchev–Trinajstić information content (AvgIpc) is 3.57. The van der Waals surface area contributed by atoms with Crippen molar-refractivity contribution in [2.75, 3.05) is 10.8 Å². The van der Waals surface area contributed by atoms with Gasteiger partial charge in [0.05, 0.1) is 20.6 Å². The van der Waals surface area contributed by atoms with Gasteiger partial charge in [0.2, 0.25) is 11.8 Å². The zero-order valence-corrected chi connectivity index (χ0v) is 27.9. The molecule has 240 valence electrons.